The van der Waals surface area contributed by atoms with Crippen LogP contribution in [0.2, 0.25) is 0 Å². The molecule has 2 atom stereocenters. The highest BCUT2D eigenvalue weighted by Gasteiger charge is 2.34. The second-order valence-electron chi connectivity index (χ2n) is 6.83. The van der Waals surface area contributed by atoms with Gasteiger partial charge in [0.2, 0.25) is 0 Å². The lowest BCUT2D eigenvalue weighted by atomic mass is 9.70. The molecule has 0 bridgehead atoms. The highest BCUT2D eigenvalue weighted by atomic mass is 15.1. The molecular weight excluding hydrogens is 208 g/mol. The Hall–Kier alpha value is -0.0800. The third-order valence-electron chi connectivity index (χ3n) is 4.31. The SMILES string of the molecule is CC(C)CCN(C)CC1(CN)CCCC(C)C1. The molecular formula is C15H32N2. The van der Waals surface area contributed by atoms with Crippen LogP contribution in [0.15, 0.2) is 0 Å². The van der Waals surface area contributed by atoms with Gasteiger partial charge in [0, 0.05) is 6.54 Å². The Bertz CT molecular complexity index is 215. The van der Waals surface area contributed by atoms with Gasteiger partial charge in [0.25, 0.3) is 0 Å². The molecule has 0 heterocycles. The van der Waals surface area contributed by atoms with E-state index in [-0.39, 0.29) is 0 Å². The smallest absolute Gasteiger partial charge is 0.00471 e. The molecule has 0 aliphatic heterocycles. The summed E-state index contributed by atoms with van der Waals surface area (Å²) < 4.78 is 0. The maximum absolute atomic E-state index is 6.08. The third kappa shape index (κ3) is 4.97. The van der Waals surface area contributed by atoms with Gasteiger partial charge in [-0.3, -0.25) is 0 Å². The van der Waals surface area contributed by atoms with Crippen LogP contribution in [0.5, 0.6) is 0 Å². The standard InChI is InChI=1S/C15H32N2/c1-13(2)7-9-17(4)12-15(11-16)8-5-6-14(3)10-15/h13-14H,5-12,16H2,1-4H3. The van der Waals surface area contributed by atoms with E-state index in [0.29, 0.717) is 5.41 Å². The molecule has 1 saturated carbocycles. The van der Waals surface area contributed by atoms with Gasteiger partial charge in [-0.15, -0.1) is 0 Å². The van der Waals surface area contributed by atoms with Gasteiger partial charge in [-0.05, 0) is 56.7 Å². The Balaban J connectivity index is 2.44. The molecule has 0 aromatic heterocycles. The molecule has 2 N–H and O–H groups in total. The molecule has 0 spiro atoms. The zero-order valence-corrected chi connectivity index (χ0v) is 12.3. The molecule has 1 rings (SSSR count). The van der Waals surface area contributed by atoms with Gasteiger partial charge in [-0.2, -0.15) is 0 Å². The topological polar surface area (TPSA) is 29.3 Å². The first-order chi connectivity index (χ1) is 7.97. The van der Waals surface area contributed by atoms with E-state index < -0.39 is 0 Å². The second kappa shape index (κ2) is 6.75. The van der Waals surface area contributed by atoms with Gasteiger partial charge in [-0.25, -0.2) is 0 Å². The van der Waals surface area contributed by atoms with Crippen LogP contribution in [0.3, 0.4) is 0 Å². The van der Waals surface area contributed by atoms with Crippen LogP contribution in [0.1, 0.15) is 52.9 Å². The lowest BCUT2D eigenvalue weighted by Crippen LogP contribution is -2.44. The van der Waals surface area contributed by atoms with Crippen molar-refractivity contribution in [3.05, 3.63) is 0 Å². The van der Waals surface area contributed by atoms with E-state index in [1.54, 1.807) is 0 Å². The molecule has 102 valence electrons. The van der Waals surface area contributed by atoms with Crippen molar-refractivity contribution in [2.75, 3.05) is 26.7 Å². The van der Waals surface area contributed by atoms with Crippen LogP contribution < -0.4 is 5.73 Å². The maximum atomic E-state index is 6.08. The minimum atomic E-state index is 0.406. The zero-order chi connectivity index (χ0) is 12.9. The summed E-state index contributed by atoms with van der Waals surface area (Å²) in [6.07, 6.45) is 6.73. The quantitative estimate of drug-likeness (QED) is 0.773. The Morgan fingerprint density at radius 3 is 2.65 bits per heavy atom. The summed E-state index contributed by atoms with van der Waals surface area (Å²) in [6, 6.07) is 0. The molecule has 2 unspecified atom stereocenters. The predicted molar refractivity (Wildman–Crippen MR) is 76.1 cm³/mol. The van der Waals surface area contributed by atoms with Gasteiger partial charge in [0.15, 0.2) is 0 Å². The molecule has 2 nitrogen and oxygen atoms in total. The summed E-state index contributed by atoms with van der Waals surface area (Å²) in [6.45, 7) is 10.3. The van der Waals surface area contributed by atoms with Crippen LogP contribution in [0, 0.1) is 17.3 Å². The lowest BCUT2D eigenvalue weighted by Gasteiger charge is -2.42. The molecule has 0 aromatic carbocycles. The van der Waals surface area contributed by atoms with Crippen molar-refractivity contribution in [2.24, 2.45) is 23.0 Å². The van der Waals surface area contributed by atoms with E-state index in [4.69, 9.17) is 5.73 Å². The van der Waals surface area contributed by atoms with Crippen molar-refractivity contribution >= 4 is 0 Å². The summed E-state index contributed by atoms with van der Waals surface area (Å²) in [7, 11) is 2.26. The van der Waals surface area contributed by atoms with Crippen LogP contribution in [0.4, 0.5) is 0 Å². The van der Waals surface area contributed by atoms with Crippen molar-refractivity contribution < 1.29 is 0 Å². The van der Waals surface area contributed by atoms with Crippen molar-refractivity contribution in [2.45, 2.75) is 52.9 Å². The van der Waals surface area contributed by atoms with Gasteiger partial charge in [-0.1, -0.05) is 33.6 Å². The van der Waals surface area contributed by atoms with Gasteiger partial charge in [0.1, 0.15) is 0 Å². The Morgan fingerprint density at radius 1 is 1.41 bits per heavy atom. The summed E-state index contributed by atoms with van der Waals surface area (Å²) in [4.78, 5) is 2.50. The summed E-state index contributed by atoms with van der Waals surface area (Å²) in [5.41, 5.74) is 6.48. The molecule has 2 heteroatoms. The Labute approximate surface area is 108 Å². The predicted octanol–water partition coefficient (Wildman–Crippen LogP) is 3.12. The average Bonchev–Trinajstić information content (AvgIpc) is 2.26. The first-order valence-corrected chi connectivity index (χ1v) is 7.36. The largest absolute Gasteiger partial charge is 0.330 e. The van der Waals surface area contributed by atoms with E-state index in [9.17, 15) is 0 Å². The number of nitrogens with zero attached hydrogens (tertiary/aromatic N) is 1. The Kier molecular flexibility index (Phi) is 5.94. The lowest BCUT2D eigenvalue weighted by molar-refractivity contribution is 0.0990. The highest BCUT2D eigenvalue weighted by Crippen LogP contribution is 2.39. The molecule has 1 fully saturated rings. The third-order valence-corrected chi connectivity index (χ3v) is 4.31. The minimum absolute atomic E-state index is 0.406. The van der Waals surface area contributed by atoms with Gasteiger partial charge < -0.3 is 10.6 Å². The fourth-order valence-electron chi connectivity index (χ4n) is 3.29. The molecule has 0 saturated heterocycles. The number of nitrogens with two attached hydrogens (primary N) is 1. The molecule has 1 aliphatic rings. The summed E-state index contributed by atoms with van der Waals surface area (Å²) in [5, 5.41) is 0. The highest BCUT2D eigenvalue weighted by molar-refractivity contribution is 4.88. The number of hydrogen-bond donors (Lipinski definition) is 1. The average molecular weight is 240 g/mol. The maximum Gasteiger partial charge on any atom is 0.00471 e. The fourth-order valence-corrected chi connectivity index (χ4v) is 3.29. The van der Waals surface area contributed by atoms with Gasteiger partial charge in [0.05, 0.1) is 0 Å². The van der Waals surface area contributed by atoms with Crippen molar-refractivity contribution in [3.63, 3.8) is 0 Å². The van der Waals surface area contributed by atoms with Crippen molar-refractivity contribution in [1.82, 2.24) is 4.90 Å². The van der Waals surface area contributed by atoms with Crippen molar-refractivity contribution in [1.29, 1.82) is 0 Å². The van der Waals surface area contributed by atoms with E-state index in [1.807, 2.05) is 0 Å². The summed E-state index contributed by atoms with van der Waals surface area (Å²) >= 11 is 0. The van der Waals surface area contributed by atoms with Crippen LogP contribution >= 0.6 is 0 Å². The van der Waals surface area contributed by atoms with Crippen molar-refractivity contribution in [3.8, 4) is 0 Å². The van der Waals surface area contributed by atoms with E-state index in [2.05, 4.69) is 32.7 Å². The molecule has 17 heavy (non-hydrogen) atoms. The van der Waals surface area contributed by atoms with Gasteiger partial charge >= 0.3 is 0 Å². The van der Waals surface area contributed by atoms with Crippen LogP contribution in [0.25, 0.3) is 0 Å². The molecule has 0 amide bonds. The molecule has 1 aliphatic carbocycles. The van der Waals surface area contributed by atoms with Crippen LogP contribution in [-0.4, -0.2) is 31.6 Å². The normalized spacial score (nSPS) is 30.2. The van der Waals surface area contributed by atoms with E-state index >= 15 is 0 Å². The zero-order valence-electron chi connectivity index (χ0n) is 12.3. The van der Waals surface area contributed by atoms with Crippen LogP contribution in [-0.2, 0) is 0 Å². The van der Waals surface area contributed by atoms with E-state index in [1.165, 1.54) is 45.2 Å². The second-order valence-corrected chi connectivity index (χ2v) is 6.83. The minimum Gasteiger partial charge on any atom is -0.330 e. The monoisotopic (exact) mass is 240 g/mol. The van der Waals surface area contributed by atoms with E-state index in [0.717, 1.165) is 18.4 Å². The Morgan fingerprint density at radius 2 is 2.12 bits per heavy atom. The first kappa shape index (κ1) is 15.0. The number of rotatable bonds is 6. The fraction of sp³-hybridized carbons (Fsp3) is 1.00. The number of hydrogen-bond acceptors (Lipinski definition) is 2. The first-order valence-electron chi connectivity index (χ1n) is 7.36. The summed E-state index contributed by atoms with van der Waals surface area (Å²) in [5.74, 6) is 1.67. The molecule has 0 aromatic rings. The molecule has 0 radical (unpaired) electrons.